The fourth-order valence-corrected chi connectivity index (χ4v) is 3.38. The lowest BCUT2D eigenvalue weighted by atomic mass is 9.87. The predicted molar refractivity (Wildman–Crippen MR) is 77.0 cm³/mol. The summed E-state index contributed by atoms with van der Waals surface area (Å²) in [5.41, 5.74) is 9.05. The summed E-state index contributed by atoms with van der Waals surface area (Å²) in [6.45, 7) is 2.13. The summed E-state index contributed by atoms with van der Waals surface area (Å²) >= 11 is 3.69. The number of hydrogen-bond acceptors (Lipinski definition) is 1. The normalized spacial score (nSPS) is 19.9. The molecule has 1 saturated carbocycles. The zero-order chi connectivity index (χ0) is 12.3. The van der Waals surface area contributed by atoms with Crippen LogP contribution in [-0.2, 0) is 0 Å². The van der Waals surface area contributed by atoms with E-state index in [2.05, 4.69) is 41.1 Å². The molecule has 1 aromatic carbocycles. The van der Waals surface area contributed by atoms with Crippen LogP contribution in [0.3, 0.4) is 0 Å². The molecule has 0 amide bonds. The third kappa shape index (κ3) is 3.11. The first-order valence-corrected chi connectivity index (χ1v) is 7.50. The Morgan fingerprint density at radius 1 is 1.18 bits per heavy atom. The highest BCUT2D eigenvalue weighted by molar-refractivity contribution is 9.10. The number of aryl methyl sites for hydroxylation is 1. The van der Waals surface area contributed by atoms with Gasteiger partial charge in [-0.3, -0.25) is 0 Å². The molecular formula is C15H22BrN. The fourth-order valence-electron chi connectivity index (χ4n) is 2.85. The first kappa shape index (κ1) is 13.1. The van der Waals surface area contributed by atoms with Crippen LogP contribution in [0, 0.1) is 12.8 Å². The van der Waals surface area contributed by atoms with Gasteiger partial charge in [-0.05, 0) is 36.8 Å². The van der Waals surface area contributed by atoms with Gasteiger partial charge in [0.1, 0.15) is 0 Å². The first-order chi connectivity index (χ1) is 8.20. The van der Waals surface area contributed by atoms with E-state index in [4.69, 9.17) is 5.73 Å². The van der Waals surface area contributed by atoms with Gasteiger partial charge in [0.05, 0.1) is 0 Å². The summed E-state index contributed by atoms with van der Waals surface area (Å²) in [7, 11) is 0. The van der Waals surface area contributed by atoms with E-state index in [0.717, 1.165) is 0 Å². The lowest BCUT2D eigenvalue weighted by Gasteiger charge is -2.24. The highest BCUT2D eigenvalue weighted by Gasteiger charge is 2.22. The second kappa shape index (κ2) is 6.01. The SMILES string of the molecule is Cc1cccc(C(N)C2CCCCCC2)c1Br. The van der Waals surface area contributed by atoms with Gasteiger partial charge in [0, 0.05) is 10.5 Å². The van der Waals surface area contributed by atoms with Crippen LogP contribution in [0.25, 0.3) is 0 Å². The molecule has 0 radical (unpaired) electrons. The molecule has 1 atom stereocenters. The van der Waals surface area contributed by atoms with E-state index in [-0.39, 0.29) is 6.04 Å². The molecule has 0 spiro atoms. The Morgan fingerprint density at radius 2 is 1.82 bits per heavy atom. The summed E-state index contributed by atoms with van der Waals surface area (Å²) < 4.78 is 1.21. The van der Waals surface area contributed by atoms with Gasteiger partial charge >= 0.3 is 0 Å². The lowest BCUT2D eigenvalue weighted by Crippen LogP contribution is -2.21. The van der Waals surface area contributed by atoms with Crippen molar-refractivity contribution >= 4 is 15.9 Å². The molecule has 0 aromatic heterocycles. The van der Waals surface area contributed by atoms with Crippen LogP contribution in [0.15, 0.2) is 22.7 Å². The third-order valence-electron chi connectivity index (χ3n) is 3.99. The van der Waals surface area contributed by atoms with Crippen molar-refractivity contribution in [3.63, 3.8) is 0 Å². The van der Waals surface area contributed by atoms with Crippen LogP contribution in [0.4, 0.5) is 0 Å². The summed E-state index contributed by atoms with van der Waals surface area (Å²) in [6.07, 6.45) is 8.06. The lowest BCUT2D eigenvalue weighted by molar-refractivity contribution is 0.381. The van der Waals surface area contributed by atoms with Crippen LogP contribution < -0.4 is 5.73 Å². The average Bonchev–Trinajstić information content (AvgIpc) is 2.60. The molecule has 0 heterocycles. The molecule has 1 aliphatic rings. The summed E-state index contributed by atoms with van der Waals surface area (Å²) in [6, 6.07) is 6.62. The average molecular weight is 296 g/mol. The van der Waals surface area contributed by atoms with Crippen LogP contribution in [0.2, 0.25) is 0 Å². The van der Waals surface area contributed by atoms with Crippen molar-refractivity contribution < 1.29 is 0 Å². The van der Waals surface area contributed by atoms with E-state index in [1.165, 1.54) is 54.1 Å². The molecule has 2 N–H and O–H groups in total. The molecule has 0 saturated heterocycles. The van der Waals surface area contributed by atoms with Crippen molar-refractivity contribution in [3.8, 4) is 0 Å². The second-order valence-corrected chi connectivity index (χ2v) is 6.05. The van der Waals surface area contributed by atoms with Crippen molar-refractivity contribution in [3.05, 3.63) is 33.8 Å². The van der Waals surface area contributed by atoms with Gasteiger partial charge in [0.15, 0.2) is 0 Å². The van der Waals surface area contributed by atoms with Crippen LogP contribution >= 0.6 is 15.9 Å². The Labute approximate surface area is 113 Å². The van der Waals surface area contributed by atoms with Crippen molar-refractivity contribution in [2.24, 2.45) is 11.7 Å². The molecule has 0 aliphatic heterocycles. The number of nitrogens with two attached hydrogens (primary N) is 1. The number of benzene rings is 1. The number of hydrogen-bond donors (Lipinski definition) is 1. The number of halogens is 1. The topological polar surface area (TPSA) is 26.0 Å². The van der Waals surface area contributed by atoms with Gasteiger partial charge < -0.3 is 5.73 Å². The smallest absolute Gasteiger partial charge is 0.0334 e. The first-order valence-electron chi connectivity index (χ1n) is 6.70. The van der Waals surface area contributed by atoms with E-state index < -0.39 is 0 Å². The van der Waals surface area contributed by atoms with Crippen LogP contribution in [0.5, 0.6) is 0 Å². The summed E-state index contributed by atoms with van der Waals surface area (Å²) in [5.74, 6) is 0.663. The zero-order valence-corrected chi connectivity index (χ0v) is 12.2. The maximum Gasteiger partial charge on any atom is 0.0334 e. The van der Waals surface area contributed by atoms with Crippen molar-refractivity contribution in [2.45, 2.75) is 51.5 Å². The zero-order valence-electron chi connectivity index (χ0n) is 10.6. The molecule has 1 aliphatic carbocycles. The third-order valence-corrected chi connectivity index (χ3v) is 5.07. The molecule has 17 heavy (non-hydrogen) atoms. The predicted octanol–water partition coefficient (Wildman–Crippen LogP) is 4.73. The van der Waals surface area contributed by atoms with Gasteiger partial charge in [-0.15, -0.1) is 0 Å². The quantitative estimate of drug-likeness (QED) is 0.785. The molecule has 1 aromatic rings. The molecule has 2 heteroatoms. The van der Waals surface area contributed by atoms with Gasteiger partial charge in [0.25, 0.3) is 0 Å². The van der Waals surface area contributed by atoms with Crippen LogP contribution in [0.1, 0.15) is 55.7 Å². The van der Waals surface area contributed by atoms with E-state index in [1.807, 2.05) is 0 Å². The minimum absolute atomic E-state index is 0.197. The minimum Gasteiger partial charge on any atom is -0.324 e. The molecule has 0 bridgehead atoms. The second-order valence-electron chi connectivity index (χ2n) is 5.26. The number of rotatable bonds is 2. The van der Waals surface area contributed by atoms with Gasteiger partial charge in [0.2, 0.25) is 0 Å². The van der Waals surface area contributed by atoms with E-state index in [0.29, 0.717) is 5.92 Å². The molecule has 1 fully saturated rings. The molecule has 2 rings (SSSR count). The Morgan fingerprint density at radius 3 is 2.47 bits per heavy atom. The fraction of sp³-hybridized carbons (Fsp3) is 0.600. The summed E-state index contributed by atoms with van der Waals surface area (Å²) in [5, 5.41) is 0. The Bertz CT molecular complexity index is 367. The van der Waals surface area contributed by atoms with E-state index in [1.54, 1.807) is 0 Å². The van der Waals surface area contributed by atoms with Gasteiger partial charge in [-0.1, -0.05) is 59.8 Å². The molecule has 1 nitrogen and oxygen atoms in total. The Balaban J connectivity index is 2.17. The highest BCUT2D eigenvalue weighted by atomic mass is 79.9. The van der Waals surface area contributed by atoms with Crippen molar-refractivity contribution in [1.29, 1.82) is 0 Å². The van der Waals surface area contributed by atoms with E-state index in [9.17, 15) is 0 Å². The van der Waals surface area contributed by atoms with Gasteiger partial charge in [-0.25, -0.2) is 0 Å². The Hall–Kier alpha value is -0.340. The minimum atomic E-state index is 0.197. The maximum atomic E-state index is 6.48. The highest BCUT2D eigenvalue weighted by Crippen LogP contribution is 2.35. The molecular weight excluding hydrogens is 274 g/mol. The van der Waals surface area contributed by atoms with Crippen molar-refractivity contribution in [2.75, 3.05) is 0 Å². The summed E-state index contributed by atoms with van der Waals surface area (Å²) in [4.78, 5) is 0. The Kier molecular flexibility index (Phi) is 4.63. The molecule has 94 valence electrons. The largest absolute Gasteiger partial charge is 0.324 e. The van der Waals surface area contributed by atoms with E-state index >= 15 is 0 Å². The standard InChI is InChI=1S/C15H22BrN/c1-11-7-6-10-13(14(11)16)15(17)12-8-4-2-3-5-9-12/h6-7,10,12,15H,2-5,8-9,17H2,1H3. The maximum absolute atomic E-state index is 6.48. The monoisotopic (exact) mass is 295 g/mol. The van der Waals surface area contributed by atoms with Gasteiger partial charge in [-0.2, -0.15) is 0 Å². The molecule has 1 unspecified atom stereocenters. The van der Waals surface area contributed by atoms with Crippen molar-refractivity contribution in [1.82, 2.24) is 0 Å². The van der Waals surface area contributed by atoms with Crippen LogP contribution in [-0.4, -0.2) is 0 Å².